The third-order valence-electron chi connectivity index (χ3n) is 3.21. The number of aromatic nitrogens is 2. The minimum atomic E-state index is -0.219. The van der Waals surface area contributed by atoms with Crippen LogP contribution in [-0.4, -0.2) is 23.2 Å². The van der Waals surface area contributed by atoms with E-state index in [1.54, 1.807) is 19.1 Å². The predicted molar refractivity (Wildman–Crippen MR) is 64.5 cm³/mol. The molecule has 1 aromatic carbocycles. The Labute approximate surface area is 104 Å². The molecule has 2 aromatic rings. The van der Waals surface area contributed by atoms with Crippen LogP contribution >= 0.6 is 0 Å². The van der Waals surface area contributed by atoms with Crippen LogP contribution in [0.2, 0.25) is 0 Å². The van der Waals surface area contributed by atoms with Crippen molar-refractivity contribution in [2.75, 3.05) is 13.1 Å². The maximum Gasteiger partial charge on any atom is 0.227 e. The average Bonchev–Trinajstić information content (AvgIpc) is 2.76. The molecule has 0 spiro atoms. The Balaban J connectivity index is 1.80. The lowest BCUT2D eigenvalue weighted by Crippen LogP contribution is -2.43. The van der Waals surface area contributed by atoms with Gasteiger partial charge in [-0.2, -0.15) is 4.98 Å². The molecule has 4 nitrogen and oxygen atoms in total. The van der Waals surface area contributed by atoms with Crippen molar-refractivity contribution in [1.82, 2.24) is 15.5 Å². The maximum atomic E-state index is 13.2. The van der Waals surface area contributed by atoms with Crippen molar-refractivity contribution in [1.29, 1.82) is 0 Å². The van der Waals surface area contributed by atoms with E-state index in [4.69, 9.17) is 4.52 Å². The largest absolute Gasteiger partial charge is 0.339 e. The summed E-state index contributed by atoms with van der Waals surface area (Å²) in [6.45, 7) is 3.74. The van der Waals surface area contributed by atoms with Crippen molar-refractivity contribution in [3.63, 3.8) is 0 Å². The molecule has 0 radical (unpaired) electrons. The second kappa shape index (κ2) is 4.49. The minimum Gasteiger partial charge on any atom is -0.339 e. The topological polar surface area (TPSA) is 51.0 Å². The molecule has 0 saturated carbocycles. The minimum absolute atomic E-state index is 0.219. The van der Waals surface area contributed by atoms with Gasteiger partial charge >= 0.3 is 0 Å². The molecule has 0 aliphatic carbocycles. The molecular weight excluding hydrogens is 233 g/mol. The van der Waals surface area contributed by atoms with Gasteiger partial charge in [-0.25, -0.2) is 4.39 Å². The first-order valence-electron chi connectivity index (χ1n) is 6.02. The molecule has 1 aliphatic rings. The molecule has 94 valence electrons. The lowest BCUT2D eigenvalue weighted by Gasteiger charge is -2.25. The summed E-state index contributed by atoms with van der Waals surface area (Å²) in [5.41, 5.74) is 1.37. The van der Waals surface area contributed by atoms with Crippen LogP contribution in [0.1, 0.15) is 11.5 Å². The zero-order chi connectivity index (χ0) is 12.5. The van der Waals surface area contributed by atoms with Gasteiger partial charge in [0.05, 0.1) is 0 Å². The van der Waals surface area contributed by atoms with E-state index in [9.17, 15) is 4.39 Å². The van der Waals surface area contributed by atoms with Crippen LogP contribution in [0.15, 0.2) is 22.7 Å². The van der Waals surface area contributed by atoms with E-state index in [1.165, 1.54) is 6.07 Å². The Kier molecular flexibility index (Phi) is 2.83. The first-order valence-corrected chi connectivity index (χ1v) is 6.02. The lowest BCUT2D eigenvalue weighted by molar-refractivity contribution is 0.296. The van der Waals surface area contributed by atoms with Crippen molar-refractivity contribution >= 4 is 0 Å². The van der Waals surface area contributed by atoms with Crippen molar-refractivity contribution < 1.29 is 8.91 Å². The van der Waals surface area contributed by atoms with E-state index in [-0.39, 0.29) is 5.82 Å². The molecule has 2 heterocycles. The number of halogens is 1. The normalized spacial score (nSPS) is 15.7. The standard InChI is InChI=1S/C13H14FN3O/c1-8-4-10(2-3-11(8)14)13-16-12(18-17-13)5-9-6-15-7-9/h2-4,9,15H,5-7H2,1H3. The Morgan fingerprint density at radius 3 is 2.94 bits per heavy atom. The number of benzene rings is 1. The number of rotatable bonds is 3. The summed E-state index contributed by atoms with van der Waals surface area (Å²) in [5.74, 6) is 1.55. The maximum absolute atomic E-state index is 13.2. The van der Waals surface area contributed by atoms with Gasteiger partial charge in [0.1, 0.15) is 5.82 Å². The molecule has 0 atom stereocenters. The molecule has 0 bridgehead atoms. The zero-order valence-electron chi connectivity index (χ0n) is 10.1. The first-order chi connectivity index (χ1) is 8.72. The second-order valence-electron chi connectivity index (χ2n) is 4.70. The SMILES string of the molecule is Cc1cc(-c2noc(CC3CNC3)n2)ccc1F. The van der Waals surface area contributed by atoms with E-state index in [0.29, 0.717) is 23.2 Å². The zero-order valence-corrected chi connectivity index (χ0v) is 10.1. The highest BCUT2D eigenvalue weighted by atomic mass is 19.1. The molecular formula is C13H14FN3O. The fourth-order valence-electron chi connectivity index (χ4n) is 1.98. The van der Waals surface area contributed by atoms with Crippen molar-refractivity contribution in [2.24, 2.45) is 5.92 Å². The number of hydrogen-bond acceptors (Lipinski definition) is 4. The Bertz CT molecular complexity index is 563. The second-order valence-corrected chi connectivity index (χ2v) is 4.70. The summed E-state index contributed by atoms with van der Waals surface area (Å²) in [7, 11) is 0. The van der Waals surface area contributed by atoms with Crippen LogP contribution in [0, 0.1) is 18.7 Å². The number of nitrogens with zero attached hydrogens (tertiary/aromatic N) is 2. The lowest BCUT2D eigenvalue weighted by atomic mass is 10.00. The van der Waals surface area contributed by atoms with Crippen LogP contribution in [0.3, 0.4) is 0 Å². The van der Waals surface area contributed by atoms with Crippen LogP contribution < -0.4 is 5.32 Å². The highest BCUT2D eigenvalue weighted by Crippen LogP contribution is 2.20. The molecule has 18 heavy (non-hydrogen) atoms. The van der Waals surface area contributed by atoms with Gasteiger partial charge in [0, 0.05) is 12.0 Å². The number of hydrogen-bond donors (Lipinski definition) is 1. The smallest absolute Gasteiger partial charge is 0.227 e. The van der Waals surface area contributed by atoms with Gasteiger partial charge in [-0.1, -0.05) is 5.16 Å². The van der Waals surface area contributed by atoms with Gasteiger partial charge < -0.3 is 9.84 Å². The van der Waals surface area contributed by atoms with E-state index in [0.717, 1.165) is 25.1 Å². The molecule has 1 fully saturated rings. The monoisotopic (exact) mass is 247 g/mol. The summed E-state index contributed by atoms with van der Waals surface area (Å²) in [6.07, 6.45) is 0.806. The predicted octanol–water partition coefficient (Wildman–Crippen LogP) is 1.95. The van der Waals surface area contributed by atoms with Gasteiger partial charge in [-0.3, -0.25) is 0 Å². The molecule has 0 unspecified atom stereocenters. The number of nitrogens with one attached hydrogen (secondary N) is 1. The van der Waals surface area contributed by atoms with Gasteiger partial charge in [-0.05, 0) is 49.7 Å². The molecule has 1 aromatic heterocycles. The summed E-state index contributed by atoms with van der Waals surface area (Å²) in [6, 6.07) is 4.83. The summed E-state index contributed by atoms with van der Waals surface area (Å²) in [5, 5.41) is 7.14. The quantitative estimate of drug-likeness (QED) is 0.900. The summed E-state index contributed by atoms with van der Waals surface area (Å²) >= 11 is 0. The van der Waals surface area contributed by atoms with Crippen LogP contribution in [0.5, 0.6) is 0 Å². The van der Waals surface area contributed by atoms with E-state index in [1.807, 2.05) is 0 Å². The van der Waals surface area contributed by atoms with Gasteiger partial charge in [0.2, 0.25) is 11.7 Å². The Morgan fingerprint density at radius 1 is 1.44 bits per heavy atom. The van der Waals surface area contributed by atoms with Crippen molar-refractivity contribution in [2.45, 2.75) is 13.3 Å². The highest BCUT2D eigenvalue weighted by Gasteiger charge is 2.20. The highest BCUT2D eigenvalue weighted by molar-refractivity contribution is 5.55. The summed E-state index contributed by atoms with van der Waals surface area (Å²) < 4.78 is 18.4. The fourth-order valence-corrected chi connectivity index (χ4v) is 1.98. The number of aryl methyl sites for hydroxylation is 1. The van der Waals surface area contributed by atoms with Crippen molar-refractivity contribution in [3.05, 3.63) is 35.5 Å². The fraction of sp³-hybridized carbons (Fsp3) is 0.385. The molecule has 5 heteroatoms. The van der Waals surface area contributed by atoms with Crippen molar-refractivity contribution in [3.8, 4) is 11.4 Å². The average molecular weight is 247 g/mol. The van der Waals surface area contributed by atoms with E-state index >= 15 is 0 Å². The molecule has 0 amide bonds. The van der Waals surface area contributed by atoms with Gasteiger partial charge in [0.25, 0.3) is 0 Å². The first kappa shape index (κ1) is 11.3. The van der Waals surface area contributed by atoms with Crippen LogP contribution in [-0.2, 0) is 6.42 Å². The Hall–Kier alpha value is -1.75. The third kappa shape index (κ3) is 2.13. The van der Waals surface area contributed by atoms with E-state index < -0.39 is 0 Å². The molecule has 1 saturated heterocycles. The Morgan fingerprint density at radius 2 is 2.28 bits per heavy atom. The van der Waals surface area contributed by atoms with Gasteiger partial charge in [0.15, 0.2) is 0 Å². The van der Waals surface area contributed by atoms with Crippen LogP contribution in [0.4, 0.5) is 4.39 Å². The third-order valence-corrected chi connectivity index (χ3v) is 3.21. The molecule has 3 rings (SSSR count). The molecule has 1 aliphatic heterocycles. The summed E-state index contributed by atoms with van der Waals surface area (Å²) in [4.78, 5) is 4.35. The van der Waals surface area contributed by atoms with Crippen LogP contribution in [0.25, 0.3) is 11.4 Å². The van der Waals surface area contributed by atoms with Gasteiger partial charge in [-0.15, -0.1) is 0 Å². The molecule has 1 N–H and O–H groups in total. The van der Waals surface area contributed by atoms with E-state index in [2.05, 4.69) is 15.5 Å².